The van der Waals surface area contributed by atoms with Crippen molar-refractivity contribution in [2.45, 2.75) is 51.5 Å². The lowest BCUT2D eigenvalue weighted by Gasteiger charge is -2.24. The van der Waals surface area contributed by atoms with Crippen LogP contribution in [0.25, 0.3) is 0 Å². The molecule has 2 atom stereocenters. The molecule has 0 amide bonds. The van der Waals surface area contributed by atoms with Crippen LogP contribution in [0.2, 0.25) is 0 Å². The molecule has 3 nitrogen and oxygen atoms in total. The first-order chi connectivity index (χ1) is 8.20. The zero-order chi connectivity index (χ0) is 12.3. The normalized spacial score (nSPS) is 25.8. The first-order valence-electron chi connectivity index (χ1n) is 6.87. The van der Waals surface area contributed by atoms with Crippen molar-refractivity contribution in [3.8, 4) is 0 Å². The van der Waals surface area contributed by atoms with E-state index >= 15 is 0 Å². The summed E-state index contributed by atoms with van der Waals surface area (Å²) in [7, 11) is 4.17. The Kier molecular flexibility index (Phi) is 4.21. The predicted molar refractivity (Wildman–Crippen MR) is 71.1 cm³/mol. The molecule has 1 aliphatic carbocycles. The van der Waals surface area contributed by atoms with Gasteiger partial charge in [0.05, 0.1) is 5.69 Å². The second-order valence-electron chi connectivity index (χ2n) is 5.40. The van der Waals surface area contributed by atoms with Gasteiger partial charge >= 0.3 is 0 Å². The quantitative estimate of drug-likeness (QED) is 0.816. The SMILES string of the molecule is CNC1CCCCCC1Cc1cc(C)nn1C. The zero-order valence-electron chi connectivity index (χ0n) is 11.4. The van der Waals surface area contributed by atoms with Gasteiger partial charge in [0, 0.05) is 18.8 Å². The Morgan fingerprint density at radius 1 is 1.35 bits per heavy atom. The van der Waals surface area contributed by atoms with Gasteiger partial charge in [-0.1, -0.05) is 19.3 Å². The smallest absolute Gasteiger partial charge is 0.0596 e. The molecule has 2 rings (SSSR count). The molecule has 0 bridgehead atoms. The van der Waals surface area contributed by atoms with Crippen molar-refractivity contribution >= 4 is 0 Å². The molecule has 0 radical (unpaired) electrons. The molecule has 96 valence electrons. The van der Waals surface area contributed by atoms with Crippen molar-refractivity contribution in [3.63, 3.8) is 0 Å². The van der Waals surface area contributed by atoms with Crippen molar-refractivity contribution in [1.29, 1.82) is 0 Å². The molecule has 0 aromatic carbocycles. The highest BCUT2D eigenvalue weighted by atomic mass is 15.3. The summed E-state index contributed by atoms with van der Waals surface area (Å²) in [6, 6.07) is 2.92. The fraction of sp³-hybridized carbons (Fsp3) is 0.786. The monoisotopic (exact) mass is 235 g/mol. The number of hydrogen-bond donors (Lipinski definition) is 1. The van der Waals surface area contributed by atoms with E-state index in [-0.39, 0.29) is 0 Å². The maximum Gasteiger partial charge on any atom is 0.0596 e. The van der Waals surface area contributed by atoms with Crippen LogP contribution in [0.1, 0.15) is 43.5 Å². The predicted octanol–water partition coefficient (Wildman–Crippen LogP) is 2.44. The van der Waals surface area contributed by atoms with Gasteiger partial charge in [-0.3, -0.25) is 4.68 Å². The van der Waals surface area contributed by atoms with E-state index in [4.69, 9.17) is 0 Å². The van der Waals surface area contributed by atoms with Gasteiger partial charge in [-0.2, -0.15) is 5.10 Å². The summed E-state index contributed by atoms with van der Waals surface area (Å²) < 4.78 is 2.05. The van der Waals surface area contributed by atoms with E-state index in [1.165, 1.54) is 44.2 Å². The molecule has 0 aliphatic heterocycles. The molecule has 1 N–H and O–H groups in total. The Balaban J connectivity index is 2.06. The second-order valence-corrected chi connectivity index (χ2v) is 5.40. The van der Waals surface area contributed by atoms with Crippen LogP contribution >= 0.6 is 0 Å². The Hall–Kier alpha value is -0.830. The lowest BCUT2D eigenvalue weighted by molar-refractivity contribution is 0.344. The largest absolute Gasteiger partial charge is 0.317 e. The molecule has 1 aromatic heterocycles. The molecular formula is C14H25N3. The number of nitrogens with zero attached hydrogens (tertiary/aromatic N) is 2. The van der Waals surface area contributed by atoms with Gasteiger partial charge in [0.2, 0.25) is 0 Å². The van der Waals surface area contributed by atoms with Crippen LogP contribution in [0.15, 0.2) is 6.07 Å². The average Bonchev–Trinajstić information content (AvgIpc) is 2.52. The summed E-state index contributed by atoms with van der Waals surface area (Å²) in [5, 5.41) is 7.96. The van der Waals surface area contributed by atoms with Crippen molar-refractivity contribution in [2.75, 3.05) is 7.05 Å². The molecule has 1 heterocycles. The van der Waals surface area contributed by atoms with E-state index in [2.05, 4.69) is 37.5 Å². The van der Waals surface area contributed by atoms with Gasteiger partial charge in [-0.05, 0) is 45.2 Å². The first kappa shape index (κ1) is 12.6. The van der Waals surface area contributed by atoms with Crippen LogP contribution in [-0.4, -0.2) is 22.9 Å². The molecule has 17 heavy (non-hydrogen) atoms. The Morgan fingerprint density at radius 3 is 2.76 bits per heavy atom. The van der Waals surface area contributed by atoms with Gasteiger partial charge in [0.15, 0.2) is 0 Å². The highest BCUT2D eigenvalue weighted by Gasteiger charge is 2.23. The Bertz CT molecular complexity index is 356. The highest BCUT2D eigenvalue weighted by Crippen LogP contribution is 2.26. The van der Waals surface area contributed by atoms with E-state index in [0.717, 1.165) is 11.6 Å². The first-order valence-corrected chi connectivity index (χ1v) is 6.87. The number of nitrogens with one attached hydrogen (secondary N) is 1. The standard InChI is InChI=1S/C14H25N3/c1-11-9-13(17(3)16-11)10-12-7-5-4-6-8-14(12)15-2/h9,12,14-15H,4-8,10H2,1-3H3. The molecule has 0 spiro atoms. The van der Waals surface area contributed by atoms with Crippen LogP contribution in [0, 0.1) is 12.8 Å². The third-order valence-electron chi connectivity index (χ3n) is 4.10. The van der Waals surface area contributed by atoms with E-state index in [1.54, 1.807) is 0 Å². The Labute approximate surface area is 105 Å². The molecule has 3 heteroatoms. The minimum Gasteiger partial charge on any atom is -0.317 e. The van der Waals surface area contributed by atoms with E-state index in [1.807, 2.05) is 4.68 Å². The fourth-order valence-corrected chi connectivity index (χ4v) is 3.13. The van der Waals surface area contributed by atoms with Crippen LogP contribution in [0.5, 0.6) is 0 Å². The van der Waals surface area contributed by atoms with Gasteiger partial charge in [0.25, 0.3) is 0 Å². The molecular weight excluding hydrogens is 210 g/mol. The molecule has 1 saturated carbocycles. The summed E-state index contributed by atoms with van der Waals surface area (Å²) in [6.45, 7) is 2.08. The molecule has 2 unspecified atom stereocenters. The second kappa shape index (κ2) is 5.67. The number of aryl methyl sites for hydroxylation is 2. The van der Waals surface area contributed by atoms with Crippen LogP contribution in [0.4, 0.5) is 0 Å². The van der Waals surface area contributed by atoms with Gasteiger partial charge in [-0.25, -0.2) is 0 Å². The molecule has 0 saturated heterocycles. The van der Waals surface area contributed by atoms with Crippen molar-refractivity contribution in [1.82, 2.24) is 15.1 Å². The summed E-state index contributed by atoms with van der Waals surface area (Å²) in [5.41, 5.74) is 2.52. The summed E-state index contributed by atoms with van der Waals surface area (Å²) in [4.78, 5) is 0. The Morgan fingerprint density at radius 2 is 2.12 bits per heavy atom. The number of hydrogen-bond acceptors (Lipinski definition) is 2. The molecule has 1 fully saturated rings. The third-order valence-corrected chi connectivity index (χ3v) is 4.10. The van der Waals surface area contributed by atoms with Gasteiger partial charge in [-0.15, -0.1) is 0 Å². The van der Waals surface area contributed by atoms with Crippen molar-refractivity contribution < 1.29 is 0 Å². The van der Waals surface area contributed by atoms with Crippen LogP contribution < -0.4 is 5.32 Å². The minimum absolute atomic E-state index is 0.688. The summed E-state index contributed by atoms with van der Waals surface area (Å²) >= 11 is 0. The van der Waals surface area contributed by atoms with Crippen molar-refractivity contribution in [2.24, 2.45) is 13.0 Å². The van der Waals surface area contributed by atoms with E-state index < -0.39 is 0 Å². The van der Waals surface area contributed by atoms with E-state index in [9.17, 15) is 0 Å². The maximum atomic E-state index is 4.45. The lowest BCUT2D eigenvalue weighted by Crippen LogP contribution is -2.34. The maximum absolute atomic E-state index is 4.45. The zero-order valence-corrected chi connectivity index (χ0v) is 11.4. The van der Waals surface area contributed by atoms with Gasteiger partial charge in [0.1, 0.15) is 0 Å². The topological polar surface area (TPSA) is 29.9 Å². The lowest BCUT2D eigenvalue weighted by atomic mass is 9.90. The summed E-state index contributed by atoms with van der Waals surface area (Å²) in [6.07, 6.45) is 8.03. The molecule has 1 aromatic rings. The average molecular weight is 235 g/mol. The van der Waals surface area contributed by atoms with Gasteiger partial charge < -0.3 is 5.32 Å². The summed E-state index contributed by atoms with van der Waals surface area (Å²) in [5.74, 6) is 0.775. The fourth-order valence-electron chi connectivity index (χ4n) is 3.13. The molecule has 1 aliphatic rings. The number of aromatic nitrogens is 2. The number of rotatable bonds is 3. The minimum atomic E-state index is 0.688. The van der Waals surface area contributed by atoms with Crippen LogP contribution in [0.3, 0.4) is 0 Å². The third kappa shape index (κ3) is 3.09. The van der Waals surface area contributed by atoms with E-state index in [0.29, 0.717) is 6.04 Å². The highest BCUT2D eigenvalue weighted by molar-refractivity contribution is 5.10. The van der Waals surface area contributed by atoms with Crippen molar-refractivity contribution in [3.05, 3.63) is 17.5 Å². The van der Waals surface area contributed by atoms with Crippen LogP contribution in [-0.2, 0) is 13.5 Å².